The first-order valence-corrected chi connectivity index (χ1v) is 6.97. The van der Waals surface area contributed by atoms with E-state index in [1.807, 2.05) is 6.92 Å². The fourth-order valence-corrected chi connectivity index (χ4v) is 1.74. The highest BCUT2D eigenvalue weighted by Gasteiger charge is 2.10. The number of nitrogens with one attached hydrogen (secondary N) is 1. The van der Waals surface area contributed by atoms with Gasteiger partial charge in [0.1, 0.15) is 11.9 Å². The van der Waals surface area contributed by atoms with Crippen LogP contribution in [0.15, 0.2) is 22.8 Å². The zero-order chi connectivity index (χ0) is 12.0. The van der Waals surface area contributed by atoms with Gasteiger partial charge < -0.3 is 14.8 Å². The van der Waals surface area contributed by atoms with Crippen molar-refractivity contribution in [2.75, 3.05) is 19.3 Å². The van der Waals surface area contributed by atoms with Crippen LogP contribution < -0.4 is 5.32 Å². The Hall–Kier alpha value is -0.650. The second-order valence-electron chi connectivity index (χ2n) is 3.83. The van der Waals surface area contributed by atoms with Crippen molar-refractivity contribution in [2.45, 2.75) is 24.7 Å². The standard InChI is InChI=1S/C11H19NO3S/c1-9(16(2)14)5-6-12-8-10(13)11-4-3-7-15-11/h3-4,7,9-10,12-13H,5-6,8H2,1-2H3. The number of hydrogen-bond donors (Lipinski definition) is 2. The van der Waals surface area contributed by atoms with E-state index in [1.54, 1.807) is 24.7 Å². The smallest absolute Gasteiger partial charge is 0.133 e. The highest BCUT2D eigenvalue weighted by molar-refractivity contribution is 7.84. The summed E-state index contributed by atoms with van der Waals surface area (Å²) in [7, 11) is -0.775. The molecular formula is C11H19NO3S. The van der Waals surface area contributed by atoms with Crippen LogP contribution in [0.5, 0.6) is 0 Å². The normalized spacial score (nSPS) is 16.9. The Balaban J connectivity index is 2.14. The van der Waals surface area contributed by atoms with Crippen LogP contribution in [0.2, 0.25) is 0 Å². The van der Waals surface area contributed by atoms with Crippen molar-refractivity contribution < 1.29 is 13.7 Å². The highest BCUT2D eigenvalue weighted by Crippen LogP contribution is 2.11. The summed E-state index contributed by atoms with van der Waals surface area (Å²) in [5.74, 6) is 0.569. The van der Waals surface area contributed by atoms with Crippen molar-refractivity contribution in [3.05, 3.63) is 24.2 Å². The molecule has 16 heavy (non-hydrogen) atoms. The first-order chi connectivity index (χ1) is 7.61. The molecule has 0 aliphatic carbocycles. The highest BCUT2D eigenvalue weighted by atomic mass is 32.2. The average molecular weight is 245 g/mol. The van der Waals surface area contributed by atoms with E-state index in [4.69, 9.17) is 4.42 Å². The minimum Gasteiger partial charge on any atom is -0.467 e. The number of aliphatic hydroxyl groups is 1. The van der Waals surface area contributed by atoms with E-state index >= 15 is 0 Å². The van der Waals surface area contributed by atoms with Gasteiger partial charge in [-0.25, -0.2) is 0 Å². The molecule has 0 saturated carbocycles. The van der Waals surface area contributed by atoms with Gasteiger partial charge in [-0.1, -0.05) is 6.92 Å². The van der Waals surface area contributed by atoms with Gasteiger partial charge in [-0.15, -0.1) is 0 Å². The summed E-state index contributed by atoms with van der Waals surface area (Å²) in [4.78, 5) is 0. The van der Waals surface area contributed by atoms with Crippen LogP contribution in [0.3, 0.4) is 0 Å². The van der Waals surface area contributed by atoms with Crippen molar-refractivity contribution >= 4 is 10.8 Å². The maximum absolute atomic E-state index is 11.1. The van der Waals surface area contributed by atoms with Crippen LogP contribution in [0, 0.1) is 0 Å². The maximum atomic E-state index is 11.1. The summed E-state index contributed by atoms with van der Waals surface area (Å²) in [6, 6.07) is 3.50. The van der Waals surface area contributed by atoms with Gasteiger partial charge in [-0.05, 0) is 25.1 Å². The zero-order valence-electron chi connectivity index (χ0n) is 9.68. The molecule has 4 nitrogen and oxygen atoms in total. The molecule has 0 aromatic carbocycles. The van der Waals surface area contributed by atoms with Gasteiger partial charge in [0.25, 0.3) is 0 Å². The topological polar surface area (TPSA) is 62.5 Å². The van der Waals surface area contributed by atoms with E-state index in [1.165, 1.54) is 0 Å². The van der Waals surface area contributed by atoms with Crippen molar-refractivity contribution in [3.63, 3.8) is 0 Å². The molecule has 0 amide bonds. The van der Waals surface area contributed by atoms with E-state index < -0.39 is 16.9 Å². The molecule has 2 N–H and O–H groups in total. The Kier molecular flexibility index (Phi) is 5.73. The van der Waals surface area contributed by atoms with Crippen LogP contribution in [0.25, 0.3) is 0 Å². The molecule has 0 radical (unpaired) electrons. The average Bonchev–Trinajstić information content (AvgIpc) is 2.76. The fraction of sp³-hybridized carbons (Fsp3) is 0.636. The summed E-state index contributed by atoms with van der Waals surface area (Å²) in [6.07, 6.45) is 3.48. The minimum atomic E-state index is -0.775. The lowest BCUT2D eigenvalue weighted by molar-refractivity contribution is 0.147. The lowest BCUT2D eigenvalue weighted by Gasteiger charge is -2.11. The Bertz CT molecular complexity index is 313. The molecule has 1 rings (SSSR count). The quantitative estimate of drug-likeness (QED) is 0.705. The molecule has 0 aliphatic rings. The predicted molar refractivity (Wildman–Crippen MR) is 64.7 cm³/mol. The van der Waals surface area contributed by atoms with Crippen molar-refractivity contribution in [1.29, 1.82) is 0 Å². The second kappa shape index (κ2) is 6.83. The molecular weight excluding hydrogens is 226 g/mol. The lowest BCUT2D eigenvalue weighted by atomic mass is 10.2. The molecule has 0 bridgehead atoms. The number of aliphatic hydroxyl groups excluding tert-OH is 1. The molecule has 5 heteroatoms. The molecule has 1 aromatic heterocycles. The molecule has 1 heterocycles. The molecule has 0 spiro atoms. The van der Waals surface area contributed by atoms with E-state index in [-0.39, 0.29) is 5.25 Å². The SMILES string of the molecule is CC(CCNCC(O)c1ccco1)S(C)=O. The number of rotatable bonds is 7. The molecule has 3 atom stereocenters. The van der Waals surface area contributed by atoms with Crippen LogP contribution in [-0.2, 0) is 10.8 Å². The molecule has 0 aliphatic heterocycles. The third kappa shape index (κ3) is 4.47. The Morgan fingerprint density at radius 1 is 1.62 bits per heavy atom. The number of hydrogen-bond acceptors (Lipinski definition) is 4. The van der Waals surface area contributed by atoms with Gasteiger partial charge in [0.15, 0.2) is 0 Å². The van der Waals surface area contributed by atoms with Gasteiger partial charge in [-0.2, -0.15) is 0 Å². The fourth-order valence-electron chi connectivity index (χ4n) is 1.29. The van der Waals surface area contributed by atoms with E-state index in [0.29, 0.717) is 12.3 Å². The summed E-state index contributed by atoms with van der Waals surface area (Å²) in [6.45, 7) is 3.16. The first-order valence-electron chi connectivity index (χ1n) is 5.35. The minimum absolute atomic E-state index is 0.188. The molecule has 1 aromatic rings. The summed E-state index contributed by atoms with van der Waals surface area (Å²) in [5.41, 5.74) is 0. The van der Waals surface area contributed by atoms with Gasteiger partial charge in [0.2, 0.25) is 0 Å². The van der Waals surface area contributed by atoms with Crippen LogP contribution in [0.1, 0.15) is 25.2 Å². The number of furan rings is 1. The Morgan fingerprint density at radius 3 is 2.94 bits per heavy atom. The van der Waals surface area contributed by atoms with Crippen molar-refractivity contribution in [2.24, 2.45) is 0 Å². The third-order valence-electron chi connectivity index (χ3n) is 2.50. The van der Waals surface area contributed by atoms with Gasteiger partial charge in [0, 0.05) is 28.9 Å². The predicted octanol–water partition coefficient (Wildman–Crippen LogP) is 1.06. The Morgan fingerprint density at radius 2 is 2.38 bits per heavy atom. The summed E-state index contributed by atoms with van der Waals surface area (Å²) < 4.78 is 16.2. The van der Waals surface area contributed by atoms with E-state index in [9.17, 15) is 9.32 Å². The van der Waals surface area contributed by atoms with Gasteiger partial charge >= 0.3 is 0 Å². The largest absolute Gasteiger partial charge is 0.467 e. The van der Waals surface area contributed by atoms with Gasteiger partial charge in [-0.3, -0.25) is 4.21 Å². The molecule has 0 fully saturated rings. The van der Waals surface area contributed by atoms with Gasteiger partial charge in [0.05, 0.1) is 6.26 Å². The van der Waals surface area contributed by atoms with Crippen LogP contribution in [-0.4, -0.2) is 33.9 Å². The van der Waals surface area contributed by atoms with E-state index in [0.717, 1.165) is 13.0 Å². The summed E-state index contributed by atoms with van der Waals surface area (Å²) >= 11 is 0. The van der Waals surface area contributed by atoms with Crippen LogP contribution >= 0.6 is 0 Å². The lowest BCUT2D eigenvalue weighted by Crippen LogP contribution is -2.25. The third-order valence-corrected chi connectivity index (χ3v) is 3.87. The zero-order valence-corrected chi connectivity index (χ0v) is 10.5. The molecule has 3 unspecified atom stereocenters. The summed E-state index contributed by atoms with van der Waals surface area (Å²) in [5, 5.41) is 13.0. The first kappa shape index (κ1) is 13.4. The Labute approximate surface area is 98.5 Å². The van der Waals surface area contributed by atoms with Crippen LogP contribution in [0.4, 0.5) is 0 Å². The second-order valence-corrected chi connectivity index (χ2v) is 5.64. The molecule has 92 valence electrons. The van der Waals surface area contributed by atoms with Crippen molar-refractivity contribution in [1.82, 2.24) is 5.32 Å². The van der Waals surface area contributed by atoms with Crippen molar-refractivity contribution in [3.8, 4) is 0 Å². The molecule has 0 saturated heterocycles. The maximum Gasteiger partial charge on any atom is 0.133 e. The monoisotopic (exact) mass is 245 g/mol. The van der Waals surface area contributed by atoms with E-state index in [2.05, 4.69) is 5.32 Å².